The Balaban J connectivity index is 4.67. The third-order valence-electron chi connectivity index (χ3n) is 11.5. The maximum atomic E-state index is 13.2. The molecular weight excluding hydrogens is 767 g/mol. The number of allylic oxidation sites excluding steroid dienone is 12. The molecule has 0 radical (unpaired) electrons. The van der Waals surface area contributed by atoms with E-state index in [1.54, 1.807) is 0 Å². The Morgan fingerprint density at radius 2 is 0.887 bits per heavy atom. The van der Waals surface area contributed by atoms with Gasteiger partial charge in [0.15, 0.2) is 0 Å². The first kappa shape index (κ1) is 59.3. The molecule has 358 valence electrons. The quantitative estimate of drug-likeness (QED) is 0.0322. The number of esters is 1. The highest BCUT2D eigenvalue weighted by molar-refractivity contribution is 5.77. The van der Waals surface area contributed by atoms with Crippen LogP contribution in [0.3, 0.4) is 0 Å². The SMILES string of the molecule is CC/C=C/C/C=C/C/C=C/C/C=C/C/C=C/CCC(=O)OC(CCC/C=C\CCCCCCCCC)CC(=O)NC(CO)C(O)CCCCCCCCCCCCCCCCC. The monoisotopic (exact) mass is 866 g/mol. The van der Waals surface area contributed by atoms with Crippen LogP contribution in [0.4, 0.5) is 0 Å². The Labute approximate surface area is 383 Å². The van der Waals surface area contributed by atoms with Gasteiger partial charge in [-0.2, -0.15) is 0 Å². The van der Waals surface area contributed by atoms with Crippen molar-refractivity contribution < 1.29 is 24.5 Å². The van der Waals surface area contributed by atoms with Gasteiger partial charge in [0.05, 0.1) is 25.2 Å². The summed E-state index contributed by atoms with van der Waals surface area (Å²) in [7, 11) is 0. The Morgan fingerprint density at radius 1 is 0.484 bits per heavy atom. The highest BCUT2D eigenvalue weighted by Gasteiger charge is 2.23. The molecule has 0 aromatic heterocycles. The van der Waals surface area contributed by atoms with E-state index >= 15 is 0 Å². The maximum absolute atomic E-state index is 13.2. The van der Waals surface area contributed by atoms with E-state index in [0.717, 1.165) is 70.6 Å². The molecule has 0 aromatic rings. The summed E-state index contributed by atoms with van der Waals surface area (Å²) in [6.45, 7) is 6.34. The number of carbonyl (C=O) groups excluding carboxylic acids is 2. The number of aliphatic hydroxyl groups excluding tert-OH is 2. The van der Waals surface area contributed by atoms with Crippen LogP contribution in [0.1, 0.15) is 245 Å². The average Bonchev–Trinajstić information content (AvgIpc) is 3.26. The van der Waals surface area contributed by atoms with Crippen LogP contribution in [0, 0.1) is 0 Å². The molecule has 0 saturated heterocycles. The largest absolute Gasteiger partial charge is 0.462 e. The Bertz CT molecular complexity index is 1150. The Morgan fingerprint density at radius 3 is 1.35 bits per heavy atom. The van der Waals surface area contributed by atoms with E-state index in [1.807, 2.05) is 6.08 Å². The van der Waals surface area contributed by atoms with Crippen LogP contribution in [-0.4, -0.2) is 46.9 Å². The number of ether oxygens (including phenoxy) is 1. The van der Waals surface area contributed by atoms with Crippen molar-refractivity contribution in [3.63, 3.8) is 0 Å². The first-order valence-electron chi connectivity index (χ1n) is 26.2. The van der Waals surface area contributed by atoms with Gasteiger partial charge < -0.3 is 20.3 Å². The minimum absolute atomic E-state index is 0.0251. The molecule has 3 N–H and O–H groups in total. The third kappa shape index (κ3) is 43.9. The van der Waals surface area contributed by atoms with E-state index in [4.69, 9.17) is 4.74 Å². The molecule has 62 heavy (non-hydrogen) atoms. The maximum Gasteiger partial charge on any atom is 0.306 e. The zero-order chi connectivity index (χ0) is 45.2. The van der Waals surface area contributed by atoms with Crippen molar-refractivity contribution in [1.29, 1.82) is 0 Å². The fourth-order valence-electron chi connectivity index (χ4n) is 7.60. The van der Waals surface area contributed by atoms with Crippen molar-refractivity contribution in [2.24, 2.45) is 0 Å². The molecule has 3 unspecified atom stereocenters. The van der Waals surface area contributed by atoms with Gasteiger partial charge in [-0.3, -0.25) is 9.59 Å². The lowest BCUT2D eigenvalue weighted by molar-refractivity contribution is -0.150. The molecule has 0 spiro atoms. The summed E-state index contributed by atoms with van der Waals surface area (Å²) in [5, 5.41) is 23.8. The molecule has 0 rings (SSSR count). The number of hydrogen-bond donors (Lipinski definition) is 3. The highest BCUT2D eigenvalue weighted by Crippen LogP contribution is 2.17. The molecule has 0 heterocycles. The summed E-state index contributed by atoms with van der Waals surface area (Å²) in [6.07, 6.45) is 62.6. The van der Waals surface area contributed by atoms with Crippen LogP contribution >= 0.6 is 0 Å². The molecule has 0 fully saturated rings. The average molecular weight is 866 g/mol. The standard InChI is InChI=1S/C56H99NO5/c1-4-7-10-13-16-19-22-25-27-29-31-34-37-40-43-46-49-56(61)62-52(47-44-41-38-35-32-24-21-18-15-12-9-6-3)50-55(60)57-53(51-58)54(59)48-45-42-39-36-33-30-28-26-23-20-17-14-11-8-5-2/h7,10,16,19,25,27,31,34-35,38,40,43,52-54,58-59H,4-6,8-9,11-15,17-18,20-24,26,28-30,32-33,36-37,39,41-42,44-51H2,1-3H3,(H,57,60)/b10-7+,19-16+,27-25+,34-31+,38-35-,43-40+. The summed E-state index contributed by atoms with van der Waals surface area (Å²) < 4.78 is 5.87. The number of rotatable bonds is 46. The van der Waals surface area contributed by atoms with E-state index in [1.165, 1.54) is 122 Å². The van der Waals surface area contributed by atoms with Crippen LogP contribution in [0.15, 0.2) is 72.9 Å². The molecule has 0 saturated carbocycles. The van der Waals surface area contributed by atoms with E-state index in [9.17, 15) is 19.8 Å². The smallest absolute Gasteiger partial charge is 0.306 e. The minimum Gasteiger partial charge on any atom is -0.462 e. The number of hydrogen-bond acceptors (Lipinski definition) is 5. The second kappa shape index (κ2) is 49.3. The molecule has 0 aliphatic rings. The van der Waals surface area contributed by atoms with Crippen molar-refractivity contribution >= 4 is 11.9 Å². The van der Waals surface area contributed by atoms with Crippen molar-refractivity contribution in [2.45, 2.75) is 264 Å². The van der Waals surface area contributed by atoms with Crippen LogP contribution in [0.5, 0.6) is 0 Å². The predicted molar refractivity (Wildman–Crippen MR) is 268 cm³/mol. The van der Waals surface area contributed by atoms with E-state index in [2.05, 4.69) is 92.9 Å². The van der Waals surface area contributed by atoms with Gasteiger partial charge in [-0.05, 0) is 77.0 Å². The summed E-state index contributed by atoms with van der Waals surface area (Å²) in [5.41, 5.74) is 0. The normalized spacial score (nSPS) is 13.8. The summed E-state index contributed by atoms with van der Waals surface area (Å²) in [5.74, 6) is -0.602. The Kier molecular flexibility index (Phi) is 47.2. The molecule has 0 aliphatic heterocycles. The summed E-state index contributed by atoms with van der Waals surface area (Å²) in [6, 6.07) is -0.726. The van der Waals surface area contributed by atoms with Crippen molar-refractivity contribution in [2.75, 3.05) is 6.61 Å². The summed E-state index contributed by atoms with van der Waals surface area (Å²) >= 11 is 0. The molecule has 3 atom stereocenters. The van der Waals surface area contributed by atoms with Crippen LogP contribution in [0.2, 0.25) is 0 Å². The number of unbranched alkanes of at least 4 members (excludes halogenated alkanes) is 22. The van der Waals surface area contributed by atoms with Crippen LogP contribution in [-0.2, 0) is 14.3 Å². The third-order valence-corrected chi connectivity index (χ3v) is 11.5. The molecule has 1 amide bonds. The zero-order valence-electron chi connectivity index (χ0n) is 40.7. The minimum atomic E-state index is -0.808. The molecule has 0 aliphatic carbocycles. The number of aliphatic hydroxyl groups is 2. The first-order chi connectivity index (χ1) is 30.5. The molecule has 0 aromatic carbocycles. The Hall–Kier alpha value is -2.70. The lowest BCUT2D eigenvalue weighted by Crippen LogP contribution is -2.46. The molecule has 6 nitrogen and oxygen atoms in total. The first-order valence-corrected chi connectivity index (χ1v) is 26.2. The van der Waals surface area contributed by atoms with E-state index < -0.39 is 18.2 Å². The van der Waals surface area contributed by atoms with Crippen molar-refractivity contribution in [1.82, 2.24) is 5.32 Å². The molecule has 0 bridgehead atoms. The lowest BCUT2D eigenvalue weighted by Gasteiger charge is -2.24. The van der Waals surface area contributed by atoms with E-state index in [0.29, 0.717) is 19.3 Å². The zero-order valence-corrected chi connectivity index (χ0v) is 40.7. The second-order valence-corrected chi connectivity index (χ2v) is 17.5. The molecular formula is C56H99NO5. The topological polar surface area (TPSA) is 95.9 Å². The lowest BCUT2D eigenvalue weighted by atomic mass is 10.0. The van der Waals surface area contributed by atoms with Gasteiger partial charge in [0, 0.05) is 6.42 Å². The summed E-state index contributed by atoms with van der Waals surface area (Å²) in [4.78, 5) is 26.1. The second-order valence-electron chi connectivity index (χ2n) is 17.5. The number of carbonyl (C=O) groups is 2. The van der Waals surface area contributed by atoms with Gasteiger partial charge in [0.1, 0.15) is 6.10 Å². The predicted octanol–water partition coefficient (Wildman–Crippen LogP) is 15.8. The van der Waals surface area contributed by atoms with Crippen LogP contribution < -0.4 is 5.32 Å². The molecule has 6 heteroatoms. The van der Waals surface area contributed by atoms with Gasteiger partial charge in [-0.25, -0.2) is 0 Å². The van der Waals surface area contributed by atoms with Gasteiger partial charge in [-0.15, -0.1) is 0 Å². The highest BCUT2D eigenvalue weighted by atomic mass is 16.5. The number of amides is 1. The van der Waals surface area contributed by atoms with Crippen molar-refractivity contribution in [3.05, 3.63) is 72.9 Å². The number of nitrogens with one attached hydrogen (secondary N) is 1. The van der Waals surface area contributed by atoms with Gasteiger partial charge in [0.2, 0.25) is 5.91 Å². The van der Waals surface area contributed by atoms with Gasteiger partial charge in [0.25, 0.3) is 0 Å². The fraction of sp³-hybridized carbons (Fsp3) is 0.750. The van der Waals surface area contributed by atoms with Crippen LogP contribution in [0.25, 0.3) is 0 Å². The van der Waals surface area contributed by atoms with Crippen molar-refractivity contribution in [3.8, 4) is 0 Å². The fourth-order valence-corrected chi connectivity index (χ4v) is 7.60. The van der Waals surface area contributed by atoms with Gasteiger partial charge in [-0.1, -0.05) is 229 Å². The van der Waals surface area contributed by atoms with Gasteiger partial charge >= 0.3 is 5.97 Å². The van der Waals surface area contributed by atoms with E-state index in [-0.39, 0.29) is 31.3 Å².